The van der Waals surface area contributed by atoms with Crippen molar-refractivity contribution in [2.45, 2.75) is 26.3 Å². The van der Waals surface area contributed by atoms with Crippen molar-refractivity contribution < 1.29 is 4.79 Å². The van der Waals surface area contributed by atoms with Gasteiger partial charge in [-0.2, -0.15) is 0 Å². The van der Waals surface area contributed by atoms with E-state index in [0.29, 0.717) is 5.78 Å². The number of piperidine rings is 1. The molecule has 0 aromatic carbocycles. The Morgan fingerprint density at radius 1 is 1.62 bits per heavy atom. The van der Waals surface area contributed by atoms with Crippen LogP contribution in [0.15, 0.2) is 12.4 Å². The molecule has 0 aliphatic carbocycles. The van der Waals surface area contributed by atoms with Crippen LogP contribution in [0, 0.1) is 5.92 Å². The molecule has 0 N–H and O–H groups in total. The number of hydrogen-bond donors (Lipinski definition) is 0. The molecule has 0 amide bonds. The van der Waals surface area contributed by atoms with Crippen molar-refractivity contribution in [3.63, 3.8) is 0 Å². The molecule has 1 saturated heterocycles. The minimum Gasteiger partial charge on any atom is -0.337 e. The Bertz CT molecular complexity index is 372. The summed E-state index contributed by atoms with van der Waals surface area (Å²) in [4.78, 5) is 18.0. The molecule has 0 bridgehead atoms. The van der Waals surface area contributed by atoms with E-state index in [1.165, 1.54) is 0 Å². The Hall–Kier alpha value is -1.16. The Labute approximate surface area is 96.3 Å². The highest BCUT2D eigenvalue weighted by Crippen LogP contribution is 2.18. The Morgan fingerprint density at radius 2 is 2.44 bits per heavy atom. The van der Waals surface area contributed by atoms with Crippen molar-refractivity contribution in [3.05, 3.63) is 18.2 Å². The summed E-state index contributed by atoms with van der Waals surface area (Å²) in [5.74, 6) is 1.63. The van der Waals surface area contributed by atoms with E-state index in [1.807, 2.05) is 24.0 Å². The summed E-state index contributed by atoms with van der Waals surface area (Å²) in [7, 11) is 2.01. The van der Waals surface area contributed by atoms with Crippen LogP contribution in [0.4, 0.5) is 0 Å². The number of aromatic nitrogens is 2. The quantitative estimate of drug-likeness (QED) is 0.770. The number of carbonyl (C=O) groups excluding carboxylic acids is 1. The lowest BCUT2D eigenvalue weighted by Crippen LogP contribution is -2.38. The van der Waals surface area contributed by atoms with E-state index in [-0.39, 0.29) is 5.92 Å². The van der Waals surface area contributed by atoms with Gasteiger partial charge in [-0.05, 0) is 26.3 Å². The Morgan fingerprint density at radius 3 is 3.06 bits per heavy atom. The lowest BCUT2D eigenvalue weighted by atomic mass is 9.95. The Kier molecular flexibility index (Phi) is 3.39. The van der Waals surface area contributed by atoms with Crippen LogP contribution in [0.1, 0.15) is 25.6 Å². The average Bonchev–Trinajstić information content (AvgIpc) is 2.65. The van der Waals surface area contributed by atoms with E-state index in [2.05, 4.69) is 9.88 Å². The van der Waals surface area contributed by atoms with Crippen LogP contribution in [-0.2, 0) is 18.4 Å². The second kappa shape index (κ2) is 4.78. The van der Waals surface area contributed by atoms with E-state index < -0.39 is 0 Å². The van der Waals surface area contributed by atoms with Gasteiger partial charge in [-0.25, -0.2) is 4.98 Å². The van der Waals surface area contributed by atoms with E-state index in [0.717, 1.165) is 38.3 Å². The molecular formula is C12H19N3O. The molecule has 88 valence electrons. The maximum Gasteiger partial charge on any atom is 0.134 e. The van der Waals surface area contributed by atoms with Crippen LogP contribution >= 0.6 is 0 Å². The summed E-state index contributed by atoms with van der Waals surface area (Å²) in [6.45, 7) is 4.53. The highest BCUT2D eigenvalue weighted by atomic mass is 16.1. The summed E-state index contributed by atoms with van der Waals surface area (Å²) < 4.78 is 2.04. The molecule has 1 unspecified atom stereocenters. The van der Waals surface area contributed by atoms with Crippen LogP contribution in [0.2, 0.25) is 0 Å². The van der Waals surface area contributed by atoms with Crippen molar-refractivity contribution in [1.82, 2.24) is 14.5 Å². The molecule has 2 heterocycles. The summed E-state index contributed by atoms with van der Waals surface area (Å²) in [6.07, 6.45) is 5.95. The molecule has 4 nitrogen and oxygen atoms in total. The van der Waals surface area contributed by atoms with Gasteiger partial charge in [-0.15, -0.1) is 0 Å². The number of ketones is 1. The van der Waals surface area contributed by atoms with Crippen LogP contribution < -0.4 is 0 Å². The molecule has 0 spiro atoms. The van der Waals surface area contributed by atoms with Crippen LogP contribution in [0.25, 0.3) is 0 Å². The van der Waals surface area contributed by atoms with Crippen LogP contribution in [0.3, 0.4) is 0 Å². The van der Waals surface area contributed by atoms with E-state index in [1.54, 1.807) is 6.92 Å². The third kappa shape index (κ3) is 2.50. The molecule has 1 fully saturated rings. The van der Waals surface area contributed by atoms with Gasteiger partial charge in [0, 0.05) is 31.9 Å². The van der Waals surface area contributed by atoms with E-state index in [4.69, 9.17) is 0 Å². The fourth-order valence-electron chi connectivity index (χ4n) is 2.28. The predicted molar refractivity (Wildman–Crippen MR) is 61.9 cm³/mol. The van der Waals surface area contributed by atoms with Gasteiger partial charge in [0.05, 0.1) is 6.54 Å². The topological polar surface area (TPSA) is 38.1 Å². The van der Waals surface area contributed by atoms with Crippen molar-refractivity contribution in [2.75, 3.05) is 13.1 Å². The summed E-state index contributed by atoms with van der Waals surface area (Å²) >= 11 is 0. The zero-order valence-corrected chi connectivity index (χ0v) is 10.0. The zero-order chi connectivity index (χ0) is 11.5. The first-order chi connectivity index (χ1) is 7.66. The first-order valence-corrected chi connectivity index (χ1v) is 5.86. The first-order valence-electron chi connectivity index (χ1n) is 5.86. The molecular weight excluding hydrogens is 202 g/mol. The third-order valence-electron chi connectivity index (χ3n) is 3.37. The summed E-state index contributed by atoms with van der Waals surface area (Å²) in [5.41, 5.74) is 0. The van der Waals surface area contributed by atoms with Gasteiger partial charge >= 0.3 is 0 Å². The van der Waals surface area contributed by atoms with Crippen molar-refractivity contribution in [3.8, 4) is 0 Å². The number of likely N-dealkylation sites (tertiary alicyclic amines) is 1. The van der Waals surface area contributed by atoms with Crippen LogP contribution in [0.5, 0.6) is 0 Å². The van der Waals surface area contributed by atoms with Gasteiger partial charge < -0.3 is 4.57 Å². The number of rotatable bonds is 3. The molecule has 1 aromatic rings. The molecule has 16 heavy (non-hydrogen) atoms. The lowest BCUT2D eigenvalue weighted by Gasteiger charge is -2.31. The maximum atomic E-state index is 11.4. The molecule has 1 aliphatic rings. The van der Waals surface area contributed by atoms with Crippen LogP contribution in [-0.4, -0.2) is 33.3 Å². The summed E-state index contributed by atoms with van der Waals surface area (Å²) in [6, 6.07) is 0. The van der Waals surface area contributed by atoms with Gasteiger partial charge in [0.15, 0.2) is 0 Å². The number of Topliss-reactive ketones (excluding diaryl/α,β-unsaturated/α-hetero) is 1. The monoisotopic (exact) mass is 221 g/mol. The molecule has 0 saturated carbocycles. The second-order valence-electron chi connectivity index (χ2n) is 4.64. The van der Waals surface area contributed by atoms with Gasteiger partial charge in [0.1, 0.15) is 11.6 Å². The minimum atomic E-state index is 0.231. The molecule has 1 aromatic heterocycles. The number of aryl methyl sites for hydroxylation is 1. The van der Waals surface area contributed by atoms with Gasteiger partial charge in [-0.1, -0.05) is 0 Å². The predicted octanol–water partition coefficient (Wildman–Crippen LogP) is 1.22. The standard InChI is InChI=1S/C12H19N3O/c1-10(16)11-4-3-6-15(8-11)9-12-13-5-7-14(12)2/h5,7,11H,3-4,6,8-9H2,1-2H3. The second-order valence-corrected chi connectivity index (χ2v) is 4.64. The van der Waals surface area contributed by atoms with Crippen molar-refractivity contribution in [2.24, 2.45) is 13.0 Å². The van der Waals surface area contributed by atoms with E-state index in [9.17, 15) is 4.79 Å². The molecule has 0 radical (unpaired) electrons. The minimum absolute atomic E-state index is 0.231. The number of hydrogen-bond acceptors (Lipinski definition) is 3. The average molecular weight is 221 g/mol. The van der Waals surface area contributed by atoms with Gasteiger partial charge in [0.2, 0.25) is 0 Å². The van der Waals surface area contributed by atoms with Crippen molar-refractivity contribution in [1.29, 1.82) is 0 Å². The number of imidazole rings is 1. The molecule has 4 heteroatoms. The van der Waals surface area contributed by atoms with Gasteiger partial charge in [-0.3, -0.25) is 9.69 Å². The number of nitrogens with zero attached hydrogens (tertiary/aromatic N) is 3. The van der Waals surface area contributed by atoms with Gasteiger partial charge in [0.25, 0.3) is 0 Å². The maximum absolute atomic E-state index is 11.4. The normalized spacial score (nSPS) is 22.2. The fraction of sp³-hybridized carbons (Fsp3) is 0.667. The largest absolute Gasteiger partial charge is 0.337 e. The highest BCUT2D eigenvalue weighted by molar-refractivity contribution is 5.78. The number of carbonyl (C=O) groups is 1. The first kappa shape index (κ1) is 11.3. The molecule has 2 rings (SSSR count). The third-order valence-corrected chi connectivity index (χ3v) is 3.37. The fourth-order valence-corrected chi connectivity index (χ4v) is 2.28. The van der Waals surface area contributed by atoms with Crippen molar-refractivity contribution >= 4 is 5.78 Å². The molecule has 1 aliphatic heterocycles. The summed E-state index contributed by atoms with van der Waals surface area (Å²) in [5, 5.41) is 0. The highest BCUT2D eigenvalue weighted by Gasteiger charge is 2.23. The smallest absolute Gasteiger partial charge is 0.134 e. The Balaban J connectivity index is 1.95. The lowest BCUT2D eigenvalue weighted by molar-refractivity contribution is -0.122. The van der Waals surface area contributed by atoms with E-state index >= 15 is 0 Å². The zero-order valence-electron chi connectivity index (χ0n) is 10.0. The molecule has 1 atom stereocenters. The SMILES string of the molecule is CC(=O)C1CCCN(Cc2nccn2C)C1.